The second-order valence-corrected chi connectivity index (χ2v) is 9.43. The van der Waals surface area contributed by atoms with Gasteiger partial charge in [-0.05, 0) is 37.3 Å². The SMILES string of the molecule is CCSCc1ccc(C(=O)N2CCN(C(C)c3nc(-c4ccc(C)cc4)no3)CC2)cc1. The van der Waals surface area contributed by atoms with Gasteiger partial charge in [-0.2, -0.15) is 16.7 Å². The van der Waals surface area contributed by atoms with Crippen LogP contribution < -0.4 is 0 Å². The molecule has 0 spiro atoms. The normalized spacial score (nSPS) is 15.7. The molecular formula is C25H30N4O2S. The van der Waals surface area contributed by atoms with Crippen LogP contribution in [0.5, 0.6) is 0 Å². The summed E-state index contributed by atoms with van der Waals surface area (Å²) < 4.78 is 5.56. The van der Waals surface area contributed by atoms with Crippen molar-refractivity contribution < 1.29 is 9.32 Å². The minimum Gasteiger partial charge on any atom is -0.337 e. The highest BCUT2D eigenvalue weighted by molar-refractivity contribution is 7.98. The third-order valence-electron chi connectivity index (χ3n) is 5.93. The summed E-state index contributed by atoms with van der Waals surface area (Å²) in [5, 5.41) is 4.16. The second kappa shape index (κ2) is 10.3. The number of nitrogens with zero attached hydrogens (tertiary/aromatic N) is 4. The number of hydrogen-bond donors (Lipinski definition) is 0. The minimum absolute atomic E-state index is 0.00861. The van der Waals surface area contributed by atoms with Crippen molar-refractivity contribution in [3.8, 4) is 11.4 Å². The molecule has 1 saturated heterocycles. The quantitative estimate of drug-likeness (QED) is 0.514. The first-order chi connectivity index (χ1) is 15.5. The van der Waals surface area contributed by atoms with Crippen LogP contribution in [0.4, 0.5) is 0 Å². The molecule has 1 aliphatic rings. The summed E-state index contributed by atoms with van der Waals surface area (Å²) in [5.74, 6) is 3.41. The first kappa shape index (κ1) is 22.6. The van der Waals surface area contributed by atoms with Crippen molar-refractivity contribution in [1.82, 2.24) is 19.9 Å². The molecule has 1 amide bonds. The van der Waals surface area contributed by atoms with E-state index in [1.807, 2.05) is 53.1 Å². The number of aryl methyl sites for hydroxylation is 1. The summed E-state index contributed by atoms with van der Waals surface area (Å²) >= 11 is 1.89. The van der Waals surface area contributed by atoms with E-state index in [0.717, 1.165) is 35.7 Å². The number of benzene rings is 2. The summed E-state index contributed by atoms with van der Waals surface area (Å²) in [6, 6.07) is 16.1. The van der Waals surface area contributed by atoms with E-state index in [2.05, 4.69) is 47.9 Å². The van der Waals surface area contributed by atoms with Crippen molar-refractivity contribution in [3.05, 3.63) is 71.1 Å². The molecule has 6 nitrogen and oxygen atoms in total. The largest absolute Gasteiger partial charge is 0.337 e. The molecule has 1 unspecified atom stereocenters. The molecular weight excluding hydrogens is 420 g/mol. The summed E-state index contributed by atoms with van der Waals surface area (Å²) in [7, 11) is 0. The maximum absolute atomic E-state index is 12.9. The number of piperazine rings is 1. The minimum atomic E-state index is 0.00861. The van der Waals surface area contributed by atoms with Gasteiger partial charge in [0.2, 0.25) is 11.7 Å². The molecule has 1 atom stereocenters. The van der Waals surface area contributed by atoms with Crippen LogP contribution in [0.25, 0.3) is 11.4 Å². The van der Waals surface area contributed by atoms with Gasteiger partial charge >= 0.3 is 0 Å². The summed E-state index contributed by atoms with van der Waals surface area (Å²) in [5.41, 5.74) is 4.17. The molecule has 0 bridgehead atoms. The van der Waals surface area contributed by atoms with E-state index in [1.54, 1.807) is 0 Å². The second-order valence-electron chi connectivity index (χ2n) is 8.16. The van der Waals surface area contributed by atoms with Crippen molar-refractivity contribution in [1.29, 1.82) is 0 Å². The maximum Gasteiger partial charge on any atom is 0.253 e. The molecule has 0 radical (unpaired) electrons. The highest BCUT2D eigenvalue weighted by Gasteiger charge is 2.28. The van der Waals surface area contributed by atoms with Gasteiger partial charge in [0.1, 0.15) is 0 Å². The molecule has 1 aliphatic heterocycles. The monoisotopic (exact) mass is 450 g/mol. The van der Waals surface area contributed by atoms with Crippen LogP contribution in [-0.2, 0) is 5.75 Å². The zero-order chi connectivity index (χ0) is 22.5. The molecule has 32 heavy (non-hydrogen) atoms. The van der Waals surface area contributed by atoms with Crippen LogP contribution in [0.15, 0.2) is 53.1 Å². The van der Waals surface area contributed by atoms with E-state index < -0.39 is 0 Å². The standard InChI is InChI=1S/C25H30N4O2S/c1-4-32-17-20-7-11-22(12-8-20)25(30)29-15-13-28(14-16-29)19(3)24-26-23(27-31-24)21-9-5-18(2)6-10-21/h5-12,19H,4,13-17H2,1-3H3. The Bertz CT molecular complexity index is 1020. The molecule has 1 fully saturated rings. The number of rotatable bonds is 7. The topological polar surface area (TPSA) is 62.5 Å². The van der Waals surface area contributed by atoms with Crippen molar-refractivity contribution in [2.24, 2.45) is 0 Å². The molecule has 4 rings (SSSR count). The number of thioether (sulfide) groups is 1. The van der Waals surface area contributed by atoms with Crippen LogP contribution in [0.1, 0.15) is 47.3 Å². The lowest BCUT2D eigenvalue weighted by molar-refractivity contribution is 0.0551. The van der Waals surface area contributed by atoms with Gasteiger partial charge < -0.3 is 9.42 Å². The predicted molar refractivity (Wildman–Crippen MR) is 129 cm³/mol. The maximum atomic E-state index is 12.9. The Labute approximate surface area is 194 Å². The lowest BCUT2D eigenvalue weighted by atomic mass is 10.1. The van der Waals surface area contributed by atoms with Crippen LogP contribution >= 0.6 is 11.8 Å². The van der Waals surface area contributed by atoms with Crippen molar-refractivity contribution in [2.45, 2.75) is 32.6 Å². The van der Waals surface area contributed by atoms with E-state index in [1.165, 1.54) is 11.1 Å². The number of carbonyl (C=O) groups excluding carboxylic acids is 1. The molecule has 1 aromatic heterocycles. The molecule has 3 aromatic rings. The van der Waals surface area contributed by atoms with Crippen LogP contribution in [0, 0.1) is 6.92 Å². The molecule has 7 heteroatoms. The molecule has 168 valence electrons. The third kappa shape index (κ3) is 5.22. The van der Waals surface area contributed by atoms with E-state index in [-0.39, 0.29) is 11.9 Å². The first-order valence-electron chi connectivity index (χ1n) is 11.2. The van der Waals surface area contributed by atoms with Crippen molar-refractivity contribution in [2.75, 3.05) is 31.9 Å². The third-order valence-corrected chi connectivity index (χ3v) is 6.88. The summed E-state index contributed by atoms with van der Waals surface area (Å²) in [4.78, 5) is 21.8. The summed E-state index contributed by atoms with van der Waals surface area (Å²) in [6.07, 6.45) is 0. The van der Waals surface area contributed by atoms with Crippen molar-refractivity contribution >= 4 is 17.7 Å². The Morgan fingerprint density at radius 3 is 2.41 bits per heavy atom. The Kier molecular flexibility index (Phi) is 7.27. The number of hydrogen-bond acceptors (Lipinski definition) is 6. The molecule has 0 N–H and O–H groups in total. The van der Waals surface area contributed by atoms with Gasteiger partial charge in [0.15, 0.2) is 0 Å². The zero-order valence-corrected chi connectivity index (χ0v) is 19.8. The van der Waals surface area contributed by atoms with E-state index >= 15 is 0 Å². The van der Waals surface area contributed by atoms with E-state index in [9.17, 15) is 4.79 Å². The van der Waals surface area contributed by atoms with Gasteiger partial charge in [-0.3, -0.25) is 9.69 Å². The molecule has 2 aromatic carbocycles. The number of aromatic nitrogens is 2. The number of amides is 1. The summed E-state index contributed by atoms with van der Waals surface area (Å²) in [6.45, 7) is 9.23. The number of carbonyl (C=O) groups is 1. The Morgan fingerprint density at radius 1 is 1.06 bits per heavy atom. The van der Waals surface area contributed by atoms with E-state index in [4.69, 9.17) is 4.52 Å². The molecule has 2 heterocycles. The fraction of sp³-hybridized carbons (Fsp3) is 0.400. The predicted octanol–water partition coefficient (Wildman–Crippen LogP) is 4.82. The lowest BCUT2D eigenvalue weighted by Gasteiger charge is -2.36. The zero-order valence-electron chi connectivity index (χ0n) is 19.0. The highest BCUT2D eigenvalue weighted by atomic mass is 32.2. The smallest absolute Gasteiger partial charge is 0.253 e. The Morgan fingerprint density at radius 2 is 1.75 bits per heavy atom. The highest BCUT2D eigenvalue weighted by Crippen LogP contribution is 2.24. The van der Waals surface area contributed by atoms with Gasteiger partial charge in [-0.1, -0.05) is 54.0 Å². The Hall–Kier alpha value is -2.64. The van der Waals surface area contributed by atoms with Gasteiger partial charge in [-0.25, -0.2) is 0 Å². The van der Waals surface area contributed by atoms with Gasteiger partial charge in [0, 0.05) is 43.1 Å². The fourth-order valence-corrected chi connectivity index (χ4v) is 4.47. The van der Waals surface area contributed by atoms with Gasteiger partial charge in [0.05, 0.1) is 6.04 Å². The van der Waals surface area contributed by atoms with Crippen LogP contribution in [0.2, 0.25) is 0 Å². The Balaban J connectivity index is 1.33. The van der Waals surface area contributed by atoms with Gasteiger partial charge in [0.25, 0.3) is 5.91 Å². The van der Waals surface area contributed by atoms with Gasteiger partial charge in [-0.15, -0.1) is 0 Å². The molecule has 0 saturated carbocycles. The van der Waals surface area contributed by atoms with E-state index in [0.29, 0.717) is 24.8 Å². The lowest BCUT2D eigenvalue weighted by Crippen LogP contribution is -2.49. The molecule has 0 aliphatic carbocycles. The van der Waals surface area contributed by atoms with Crippen LogP contribution in [-0.4, -0.2) is 57.8 Å². The van der Waals surface area contributed by atoms with Crippen LogP contribution in [0.3, 0.4) is 0 Å². The average Bonchev–Trinajstić information content (AvgIpc) is 3.33. The average molecular weight is 451 g/mol. The van der Waals surface area contributed by atoms with Crippen molar-refractivity contribution in [3.63, 3.8) is 0 Å². The fourth-order valence-electron chi connectivity index (χ4n) is 3.84. The first-order valence-corrected chi connectivity index (χ1v) is 12.3.